The van der Waals surface area contributed by atoms with Gasteiger partial charge in [-0.25, -0.2) is 0 Å². The van der Waals surface area contributed by atoms with Gasteiger partial charge in [0.1, 0.15) is 0 Å². The number of benzene rings is 1. The van der Waals surface area contributed by atoms with Crippen molar-refractivity contribution in [1.29, 1.82) is 0 Å². The van der Waals surface area contributed by atoms with Crippen molar-refractivity contribution in [2.45, 2.75) is 51.1 Å². The zero-order valence-corrected chi connectivity index (χ0v) is 12.5. The molecule has 0 bridgehead atoms. The molecule has 3 rings (SSSR count). The second kappa shape index (κ2) is 6.73. The minimum Gasteiger partial charge on any atom is -0.330 e. The fourth-order valence-electron chi connectivity index (χ4n) is 4.40. The zero-order chi connectivity index (χ0) is 13.8. The number of nitrogens with zero attached hydrogens (tertiary/aromatic N) is 1. The van der Waals surface area contributed by atoms with E-state index in [1.165, 1.54) is 50.6 Å². The highest BCUT2D eigenvalue weighted by molar-refractivity contribution is 5.15. The third kappa shape index (κ3) is 3.07. The molecule has 0 spiro atoms. The van der Waals surface area contributed by atoms with E-state index in [4.69, 9.17) is 5.73 Å². The van der Waals surface area contributed by atoms with Gasteiger partial charge in [0.05, 0.1) is 0 Å². The van der Waals surface area contributed by atoms with Gasteiger partial charge in [-0.3, -0.25) is 4.90 Å². The van der Waals surface area contributed by atoms with Crippen molar-refractivity contribution < 1.29 is 0 Å². The molecule has 2 N–H and O–H groups in total. The van der Waals surface area contributed by atoms with Crippen LogP contribution in [-0.4, -0.2) is 24.0 Å². The van der Waals surface area contributed by atoms with Crippen LogP contribution in [0.15, 0.2) is 30.3 Å². The van der Waals surface area contributed by atoms with E-state index in [0.717, 1.165) is 31.0 Å². The summed E-state index contributed by atoms with van der Waals surface area (Å²) in [6, 6.07) is 11.6. The molecule has 0 radical (unpaired) electrons. The normalized spacial score (nSPS) is 26.1. The van der Waals surface area contributed by atoms with Gasteiger partial charge in [-0.05, 0) is 43.3 Å². The average Bonchev–Trinajstić information content (AvgIpc) is 3.14. The van der Waals surface area contributed by atoms with Gasteiger partial charge in [-0.1, -0.05) is 56.0 Å². The molecule has 1 saturated carbocycles. The van der Waals surface area contributed by atoms with E-state index in [2.05, 4.69) is 35.2 Å². The topological polar surface area (TPSA) is 29.3 Å². The van der Waals surface area contributed by atoms with Crippen LogP contribution in [0, 0.1) is 11.8 Å². The summed E-state index contributed by atoms with van der Waals surface area (Å²) in [5, 5.41) is 0. The van der Waals surface area contributed by atoms with E-state index in [9.17, 15) is 0 Å². The summed E-state index contributed by atoms with van der Waals surface area (Å²) in [5.74, 6) is 1.62. The van der Waals surface area contributed by atoms with Crippen molar-refractivity contribution in [2.75, 3.05) is 13.1 Å². The standard InChI is InChI=1S/C18H28N2/c19-13-17(16-9-4-5-10-16)18-11-6-12-20(18)14-15-7-2-1-3-8-15/h1-3,7-8,16-18H,4-6,9-14,19H2. The lowest BCUT2D eigenvalue weighted by atomic mass is 9.83. The Kier molecular flexibility index (Phi) is 4.74. The SMILES string of the molecule is NCC(C1CCCC1)C1CCCN1Cc1ccccc1. The molecule has 1 aromatic rings. The molecular formula is C18H28N2. The molecule has 2 aliphatic rings. The van der Waals surface area contributed by atoms with Crippen LogP contribution in [0.3, 0.4) is 0 Å². The molecule has 1 saturated heterocycles. The number of rotatable bonds is 5. The first-order chi connectivity index (χ1) is 9.88. The highest BCUT2D eigenvalue weighted by Gasteiger charge is 2.36. The Balaban J connectivity index is 1.67. The summed E-state index contributed by atoms with van der Waals surface area (Å²) in [6.07, 6.45) is 8.38. The predicted molar refractivity (Wildman–Crippen MR) is 84.4 cm³/mol. The maximum atomic E-state index is 6.16. The predicted octanol–water partition coefficient (Wildman–Crippen LogP) is 3.42. The van der Waals surface area contributed by atoms with Crippen LogP contribution < -0.4 is 5.73 Å². The van der Waals surface area contributed by atoms with Gasteiger partial charge in [0.2, 0.25) is 0 Å². The summed E-state index contributed by atoms with van der Waals surface area (Å²) < 4.78 is 0. The molecule has 1 aliphatic carbocycles. The van der Waals surface area contributed by atoms with Crippen molar-refractivity contribution in [3.05, 3.63) is 35.9 Å². The van der Waals surface area contributed by atoms with Gasteiger partial charge in [-0.2, -0.15) is 0 Å². The maximum absolute atomic E-state index is 6.16. The average molecular weight is 272 g/mol. The molecule has 2 atom stereocenters. The van der Waals surface area contributed by atoms with E-state index in [-0.39, 0.29) is 0 Å². The Labute approximate surface area is 123 Å². The molecule has 0 amide bonds. The van der Waals surface area contributed by atoms with Crippen LogP contribution in [0.2, 0.25) is 0 Å². The van der Waals surface area contributed by atoms with Crippen LogP contribution in [0.4, 0.5) is 0 Å². The van der Waals surface area contributed by atoms with E-state index in [1.54, 1.807) is 0 Å². The van der Waals surface area contributed by atoms with Crippen molar-refractivity contribution in [2.24, 2.45) is 17.6 Å². The molecule has 2 heteroatoms. The lowest BCUT2D eigenvalue weighted by Gasteiger charge is -2.34. The number of hydrogen-bond acceptors (Lipinski definition) is 2. The molecular weight excluding hydrogens is 244 g/mol. The van der Waals surface area contributed by atoms with Crippen molar-refractivity contribution >= 4 is 0 Å². The first kappa shape index (κ1) is 14.1. The van der Waals surface area contributed by atoms with Gasteiger partial charge < -0.3 is 5.73 Å². The minimum absolute atomic E-state index is 0.725. The van der Waals surface area contributed by atoms with Crippen molar-refractivity contribution in [3.63, 3.8) is 0 Å². The molecule has 2 unspecified atom stereocenters. The monoisotopic (exact) mass is 272 g/mol. The Morgan fingerprint density at radius 1 is 1.05 bits per heavy atom. The maximum Gasteiger partial charge on any atom is 0.0236 e. The highest BCUT2D eigenvalue weighted by Crippen LogP contribution is 2.37. The fraction of sp³-hybridized carbons (Fsp3) is 0.667. The Morgan fingerprint density at radius 2 is 1.80 bits per heavy atom. The minimum atomic E-state index is 0.725. The quantitative estimate of drug-likeness (QED) is 0.890. The summed E-state index contributed by atoms with van der Waals surface area (Å²) in [4.78, 5) is 2.70. The summed E-state index contributed by atoms with van der Waals surface area (Å²) in [6.45, 7) is 3.23. The van der Waals surface area contributed by atoms with Crippen LogP contribution >= 0.6 is 0 Å². The van der Waals surface area contributed by atoms with E-state index < -0.39 is 0 Å². The van der Waals surface area contributed by atoms with Gasteiger partial charge in [0, 0.05) is 12.6 Å². The molecule has 110 valence electrons. The zero-order valence-electron chi connectivity index (χ0n) is 12.5. The van der Waals surface area contributed by atoms with Gasteiger partial charge in [0.25, 0.3) is 0 Å². The lowest BCUT2D eigenvalue weighted by molar-refractivity contribution is 0.143. The van der Waals surface area contributed by atoms with E-state index in [1.807, 2.05) is 0 Å². The van der Waals surface area contributed by atoms with Crippen LogP contribution in [0.5, 0.6) is 0 Å². The largest absolute Gasteiger partial charge is 0.330 e. The molecule has 2 fully saturated rings. The van der Waals surface area contributed by atoms with Crippen molar-refractivity contribution in [3.8, 4) is 0 Å². The lowest BCUT2D eigenvalue weighted by Crippen LogP contribution is -2.41. The van der Waals surface area contributed by atoms with E-state index >= 15 is 0 Å². The number of likely N-dealkylation sites (tertiary alicyclic amines) is 1. The van der Waals surface area contributed by atoms with Crippen molar-refractivity contribution in [1.82, 2.24) is 4.90 Å². The molecule has 2 nitrogen and oxygen atoms in total. The smallest absolute Gasteiger partial charge is 0.0236 e. The molecule has 0 aromatic heterocycles. The molecule has 1 heterocycles. The summed E-state index contributed by atoms with van der Waals surface area (Å²) in [5.41, 5.74) is 7.61. The fourth-order valence-corrected chi connectivity index (χ4v) is 4.40. The Bertz CT molecular complexity index is 397. The van der Waals surface area contributed by atoms with Crippen LogP contribution in [0.25, 0.3) is 0 Å². The van der Waals surface area contributed by atoms with Crippen LogP contribution in [0.1, 0.15) is 44.1 Å². The second-order valence-corrected chi connectivity index (χ2v) is 6.61. The summed E-state index contributed by atoms with van der Waals surface area (Å²) >= 11 is 0. The molecule has 1 aromatic carbocycles. The van der Waals surface area contributed by atoms with Gasteiger partial charge in [0.15, 0.2) is 0 Å². The Hall–Kier alpha value is -0.860. The third-order valence-electron chi connectivity index (χ3n) is 5.41. The van der Waals surface area contributed by atoms with Gasteiger partial charge in [-0.15, -0.1) is 0 Å². The van der Waals surface area contributed by atoms with Gasteiger partial charge >= 0.3 is 0 Å². The first-order valence-corrected chi connectivity index (χ1v) is 8.36. The second-order valence-electron chi connectivity index (χ2n) is 6.61. The number of nitrogens with two attached hydrogens (primary N) is 1. The number of hydrogen-bond donors (Lipinski definition) is 1. The summed E-state index contributed by atoms with van der Waals surface area (Å²) in [7, 11) is 0. The first-order valence-electron chi connectivity index (χ1n) is 8.36. The third-order valence-corrected chi connectivity index (χ3v) is 5.41. The highest BCUT2D eigenvalue weighted by atomic mass is 15.2. The molecule has 20 heavy (non-hydrogen) atoms. The Morgan fingerprint density at radius 3 is 2.50 bits per heavy atom. The molecule has 1 aliphatic heterocycles. The van der Waals surface area contributed by atoms with Crippen LogP contribution in [-0.2, 0) is 6.54 Å². The van der Waals surface area contributed by atoms with E-state index in [0.29, 0.717) is 0 Å².